The number of carbonyl (C=O) groups is 1. The first kappa shape index (κ1) is 13.7. The van der Waals surface area contributed by atoms with Crippen molar-refractivity contribution in [1.82, 2.24) is 0 Å². The van der Waals surface area contributed by atoms with Crippen molar-refractivity contribution in [3.8, 4) is 0 Å². The van der Waals surface area contributed by atoms with Crippen LogP contribution in [0.5, 0.6) is 0 Å². The van der Waals surface area contributed by atoms with Crippen molar-refractivity contribution in [2.24, 2.45) is 28.6 Å². The van der Waals surface area contributed by atoms with Gasteiger partial charge in [0.15, 0.2) is 0 Å². The second-order valence-corrected chi connectivity index (χ2v) is 8.88. The van der Waals surface area contributed by atoms with Crippen LogP contribution in [-0.4, -0.2) is 29.2 Å². The minimum absolute atomic E-state index is 0.0799. The third-order valence-corrected chi connectivity index (χ3v) is 8.06. The van der Waals surface area contributed by atoms with Gasteiger partial charge in [0.1, 0.15) is 11.9 Å². The normalized spacial score (nSPS) is 59.0. The lowest BCUT2D eigenvalue weighted by Gasteiger charge is -2.55. The van der Waals surface area contributed by atoms with E-state index in [1.165, 1.54) is 5.57 Å². The SMILES string of the molecule is C[C@]12CCC(O)C=C1[C@H]1O[C@H]1[C@@H]1[C@@H]2CC[C@]2(C)C(=O)CC[C@@H]12. The number of Topliss-reactive ketones (excluding diaryl/α,β-unsaturated/α-hetero) is 1. The van der Waals surface area contributed by atoms with E-state index in [2.05, 4.69) is 19.9 Å². The molecule has 1 aliphatic heterocycles. The van der Waals surface area contributed by atoms with Gasteiger partial charge in [-0.15, -0.1) is 0 Å². The van der Waals surface area contributed by atoms with Crippen molar-refractivity contribution in [3.05, 3.63) is 11.6 Å². The lowest BCUT2D eigenvalue weighted by atomic mass is 9.47. The van der Waals surface area contributed by atoms with E-state index in [0.717, 1.165) is 38.5 Å². The molecule has 22 heavy (non-hydrogen) atoms. The summed E-state index contributed by atoms with van der Waals surface area (Å²) in [6.45, 7) is 4.62. The smallest absolute Gasteiger partial charge is 0.139 e. The Balaban J connectivity index is 1.58. The highest BCUT2D eigenvalue weighted by molar-refractivity contribution is 5.87. The molecule has 3 heteroatoms. The third kappa shape index (κ3) is 1.48. The number of aliphatic hydroxyl groups excluding tert-OH is 1. The van der Waals surface area contributed by atoms with E-state index >= 15 is 0 Å². The summed E-state index contributed by atoms with van der Waals surface area (Å²) in [5, 5.41) is 10.0. The van der Waals surface area contributed by atoms with Crippen LogP contribution in [0.25, 0.3) is 0 Å². The molecule has 0 radical (unpaired) electrons. The minimum atomic E-state index is -0.286. The minimum Gasteiger partial charge on any atom is -0.389 e. The van der Waals surface area contributed by atoms with Crippen LogP contribution in [0.4, 0.5) is 0 Å². The van der Waals surface area contributed by atoms with E-state index in [-0.39, 0.29) is 23.0 Å². The van der Waals surface area contributed by atoms with Gasteiger partial charge in [-0.05, 0) is 60.8 Å². The number of ether oxygens (including phenoxy) is 1. The maximum Gasteiger partial charge on any atom is 0.139 e. The number of ketones is 1. The zero-order valence-corrected chi connectivity index (χ0v) is 13.5. The van der Waals surface area contributed by atoms with Crippen LogP contribution in [0.15, 0.2) is 11.6 Å². The molecule has 1 saturated heterocycles. The third-order valence-electron chi connectivity index (χ3n) is 8.06. The van der Waals surface area contributed by atoms with Crippen LogP contribution >= 0.6 is 0 Å². The Bertz CT molecular complexity index is 581. The molecule has 8 atom stereocenters. The van der Waals surface area contributed by atoms with Crippen molar-refractivity contribution in [1.29, 1.82) is 0 Å². The van der Waals surface area contributed by atoms with Gasteiger partial charge in [-0.2, -0.15) is 0 Å². The first-order valence-corrected chi connectivity index (χ1v) is 9.04. The Morgan fingerprint density at radius 1 is 1.14 bits per heavy atom. The first-order chi connectivity index (χ1) is 10.4. The van der Waals surface area contributed by atoms with E-state index in [1.54, 1.807) is 0 Å². The summed E-state index contributed by atoms with van der Waals surface area (Å²) in [6.07, 6.45) is 8.38. The molecule has 5 rings (SSSR count). The lowest BCUT2D eigenvalue weighted by molar-refractivity contribution is -0.132. The molecule has 4 aliphatic carbocycles. The highest BCUT2D eigenvalue weighted by Gasteiger charge is 2.68. The van der Waals surface area contributed by atoms with Crippen LogP contribution in [0, 0.1) is 28.6 Å². The van der Waals surface area contributed by atoms with Crippen LogP contribution in [0.2, 0.25) is 0 Å². The molecule has 0 bridgehead atoms. The number of rotatable bonds is 0. The highest BCUT2D eigenvalue weighted by Crippen LogP contribution is 2.68. The van der Waals surface area contributed by atoms with Crippen molar-refractivity contribution in [2.45, 2.75) is 70.7 Å². The average molecular weight is 302 g/mol. The van der Waals surface area contributed by atoms with Crippen molar-refractivity contribution < 1.29 is 14.6 Å². The van der Waals surface area contributed by atoms with E-state index in [1.807, 2.05) is 0 Å². The summed E-state index contributed by atoms with van der Waals surface area (Å²) < 4.78 is 6.13. The molecule has 0 aromatic carbocycles. The topological polar surface area (TPSA) is 49.8 Å². The quantitative estimate of drug-likeness (QED) is 0.553. The van der Waals surface area contributed by atoms with Crippen LogP contribution in [0.3, 0.4) is 0 Å². The van der Waals surface area contributed by atoms with E-state index in [4.69, 9.17) is 4.74 Å². The Kier molecular flexibility index (Phi) is 2.53. The zero-order chi connectivity index (χ0) is 15.3. The summed E-state index contributed by atoms with van der Waals surface area (Å²) in [5.74, 6) is 2.23. The predicted octanol–water partition coefficient (Wildman–Crippen LogP) is 2.87. The summed E-state index contributed by atoms with van der Waals surface area (Å²) in [4.78, 5) is 12.4. The highest BCUT2D eigenvalue weighted by atomic mass is 16.6. The Hall–Kier alpha value is -0.670. The van der Waals surface area contributed by atoms with Crippen molar-refractivity contribution >= 4 is 5.78 Å². The lowest BCUT2D eigenvalue weighted by Crippen LogP contribution is -2.53. The van der Waals surface area contributed by atoms with Gasteiger partial charge in [0.25, 0.3) is 0 Å². The number of hydrogen-bond acceptors (Lipinski definition) is 3. The van der Waals surface area contributed by atoms with Crippen LogP contribution in [-0.2, 0) is 9.53 Å². The predicted molar refractivity (Wildman–Crippen MR) is 82.1 cm³/mol. The summed E-state index contributed by atoms with van der Waals surface area (Å²) in [6, 6.07) is 0. The van der Waals surface area contributed by atoms with Crippen LogP contribution < -0.4 is 0 Å². The zero-order valence-electron chi connectivity index (χ0n) is 13.5. The largest absolute Gasteiger partial charge is 0.389 e. The second kappa shape index (κ2) is 4.05. The summed E-state index contributed by atoms with van der Waals surface area (Å²) >= 11 is 0. The number of fused-ring (bicyclic) bond motifs is 8. The maximum atomic E-state index is 12.4. The molecular weight excluding hydrogens is 276 g/mol. The Labute approximate surface area is 132 Å². The van der Waals surface area contributed by atoms with Gasteiger partial charge in [-0.3, -0.25) is 4.79 Å². The van der Waals surface area contributed by atoms with Gasteiger partial charge in [-0.1, -0.05) is 19.9 Å². The number of carbonyl (C=O) groups excluding carboxylic acids is 1. The Morgan fingerprint density at radius 3 is 2.68 bits per heavy atom. The van der Waals surface area contributed by atoms with Crippen molar-refractivity contribution in [2.75, 3.05) is 0 Å². The maximum absolute atomic E-state index is 12.4. The monoisotopic (exact) mass is 302 g/mol. The average Bonchev–Trinajstić information content (AvgIpc) is 3.22. The number of hydrogen-bond donors (Lipinski definition) is 1. The fourth-order valence-electron chi connectivity index (χ4n) is 6.73. The molecule has 3 nitrogen and oxygen atoms in total. The van der Waals surface area contributed by atoms with E-state index in [0.29, 0.717) is 29.6 Å². The van der Waals surface area contributed by atoms with Gasteiger partial charge in [0.2, 0.25) is 0 Å². The molecule has 5 aliphatic rings. The summed E-state index contributed by atoms with van der Waals surface area (Å²) in [7, 11) is 0. The van der Waals surface area contributed by atoms with Crippen molar-refractivity contribution in [3.63, 3.8) is 0 Å². The standard InChI is InChI=1S/C19H26O3/c1-18-7-5-10(20)9-13(18)16-17(22-16)15-11-3-4-14(21)19(11,2)8-6-12(15)18/h9-12,15-17,20H,3-8H2,1-2H3/t10?,11-,12-,15-,16+,17-,18+,19-/m0/s1. The van der Waals surface area contributed by atoms with Gasteiger partial charge in [0.05, 0.1) is 12.2 Å². The number of epoxide rings is 1. The fraction of sp³-hybridized carbons (Fsp3) is 0.842. The molecule has 4 fully saturated rings. The van der Waals surface area contributed by atoms with Crippen LogP contribution in [0.1, 0.15) is 52.4 Å². The molecule has 0 spiro atoms. The van der Waals surface area contributed by atoms with E-state index < -0.39 is 0 Å². The van der Waals surface area contributed by atoms with Gasteiger partial charge in [-0.25, -0.2) is 0 Å². The molecule has 120 valence electrons. The molecule has 1 heterocycles. The summed E-state index contributed by atoms with van der Waals surface area (Å²) in [5.41, 5.74) is 1.49. The number of aliphatic hydroxyl groups is 1. The second-order valence-electron chi connectivity index (χ2n) is 8.88. The van der Waals surface area contributed by atoms with Gasteiger partial charge in [0, 0.05) is 11.8 Å². The Morgan fingerprint density at radius 2 is 1.86 bits per heavy atom. The van der Waals surface area contributed by atoms with Gasteiger partial charge < -0.3 is 9.84 Å². The molecule has 1 N–H and O–H groups in total. The van der Waals surface area contributed by atoms with E-state index in [9.17, 15) is 9.90 Å². The molecule has 0 amide bonds. The van der Waals surface area contributed by atoms with Gasteiger partial charge >= 0.3 is 0 Å². The fourth-order valence-corrected chi connectivity index (χ4v) is 6.73. The molecule has 0 aromatic heterocycles. The molecule has 3 saturated carbocycles. The molecular formula is C19H26O3. The molecule has 0 aromatic rings. The first-order valence-electron chi connectivity index (χ1n) is 9.04. The molecule has 1 unspecified atom stereocenters.